The summed E-state index contributed by atoms with van der Waals surface area (Å²) >= 11 is 0. The second kappa shape index (κ2) is 5.35. The van der Waals surface area contributed by atoms with Gasteiger partial charge in [-0.15, -0.1) is 0 Å². The van der Waals surface area contributed by atoms with Gasteiger partial charge in [0.2, 0.25) is 0 Å². The second-order valence-electron chi connectivity index (χ2n) is 3.62. The molecule has 0 atom stereocenters. The fraction of sp³-hybridized carbons (Fsp3) is 0.154. The zero-order valence-corrected chi connectivity index (χ0v) is 9.88. The Bertz CT molecular complexity index is 528. The van der Waals surface area contributed by atoms with E-state index in [1.165, 1.54) is 35.6 Å². The highest BCUT2D eigenvalue weighted by atomic mass is 19.1. The van der Waals surface area contributed by atoms with Crippen LogP contribution in [0.1, 0.15) is 17.4 Å². The fourth-order valence-electron chi connectivity index (χ4n) is 1.61. The minimum atomic E-state index is -0.332. The van der Waals surface area contributed by atoms with E-state index in [0.717, 1.165) is 0 Å². The standard InChI is InChI=1S/C13H12FN3O/c1-2-17(11-5-3-10(14)4-6-11)13(18)12-9-15-7-8-16-12/h3-9H,2H2,1H3. The van der Waals surface area contributed by atoms with Gasteiger partial charge in [0.1, 0.15) is 11.5 Å². The number of carbonyl (C=O) groups is 1. The molecule has 2 aromatic rings. The summed E-state index contributed by atoms with van der Waals surface area (Å²) in [4.78, 5) is 21.5. The number of hydrogen-bond acceptors (Lipinski definition) is 3. The maximum atomic E-state index is 12.9. The summed E-state index contributed by atoms with van der Waals surface area (Å²) < 4.78 is 12.9. The molecule has 0 saturated heterocycles. The van der Waals surface area contributed by atoms with E-state index < -0.39 is 0 Å². The van der Waals surface area contributed by atoms with Crippen molar-refractivity contribution in [1.29, 1.82) is 0 Å². The molecule has 0 aliphatic carbocycles. The lowest BCUT2D eigenvalue weighted by Gasteiger charge is -2.20. The van der Waals surface area contributed by atoms with Crippen molar-refractivity contribution in [3.05, 3.63) is 54.4 Å². The number of hydrogen-bond donors (Lipinski definition) is 0. The molecule has 4 nitrogen and oxygen atoms in total. The molecular weight excluding hydrogens is 233 g/mol. The van der Waals surface area contributed by atoms with Crippen LogP contribution in [-0.4, -0.2) is 22.4 Å². The third-order valence-electron chi connectivity index (χ3n) is 2.48. The molecule has 1 amide bonds. The molecule has 1 aromatic heterocycles. The lowest BCUT2D eigenvalue weighted by atomic mass is 10.2. The number of carbonyl (C=O) groups excluding carboxylic acids is 1. The first-order valence-corrected chi connectivity index (χ1v) is 5.56. The van der Waals surface area contributed by atoms with Gasteiger partial charge in [-0.25, -0.2) is 9.37 Å². The first-order valence-electron chi connectivity index (χ1n) is 5.56. The van der Waals surface area contributed by atoms with Crippen molar-refractivity contribution in [3.8, 4) is 0 Å². The van der Waals surface area contributed by atoms with E-state index in [1.807, 2.05) is 6.92 Å². The number of anilines is 1. The summed E-state index contributed by atoms with van der Waals surface area (Å²) in [7, 11) is 0. The normalized spacial score (nSPS) is 10.1. The van der Waals surface area contributed by atoms with Crippen LogP contribution in [-0.2, 0) is 0 Å². The molecule has 0 radical (unpaired) electrons. The zero-order valence-electron chi connectivity index (χ0n) is 9.88. The number of aromatic nitrogens is 2. The Morgan fingerprint density at radius 3 is 2.56 bits per heavy atom. The summed E-state index contributed by atoms with van der Waals surface area (Å²) in [6.45, 7) is 2.32. The molecule has 1 heterocycles. The van der Waals surface area contributed by atoms with Crippen molar-refractivity contribution >= 4 is 11.6 Å². The van der Waals surface area contributed by atoms with Gasteiger partial charge in [0.15, 0.2) is 0 Å². The van der Waals surface area contributed by atoms with Crippen molar-refractivity contribution in [2.45, 2.75) is 6.92 Å². The molecule has 1 aromatic carbocycles. The summed E-state index contributed by atoms with van der Waals surface area (Å²) in [6.07, 6.45) is 4.38. The van der Waals surface area contributed by atoms with E-state index in [0.29, 0.717) is 12.2 Å². The molecule has 0 saturated carbocycles. The summed E-state index contributed by atoms with van der Waals surface area (Å²) in [5, 5.41) is 0. The Balaban J connectivity index is 2.29. The topological polar surface area (TPSA) is 46.1 Å². The van der Waals surface area contributed by atoms with Gasteiger partial charge in [0.25, 0.3) is 5.91 Å². The summed E-state index contributed by atoms with van der Waals surface area (Å²) in [5.41, 5.74) is 0.901. The number of benzene rings is 1. The summed E-state index contributed by atoms with van der Waals surface area (Å²) in [5.74, 6) is -0.584. The summed E-state index contributed by atoms with van der Waals surface area (Å²) in [6, 6.07) is 5.77. The van der Waals surface area contributed by atoms with Crippen LogP contribution < -0.4 is 4.90 Å². The van der Waals surface area contributed by atoms with E-state index in [4.69, 9.17) is 0 Å². The van der Waals surface area contributed by atoms with E-state index in [-0.39, 0.29) is 17.4 Å². The van der Waals surface area contributed by atoms with Crippen LogP contribution in [0.3, 0.4) is 0 Å². The molecule has 0 bridgehead atoms. The van der Waals surface area contributed by atoms with Gasteiger partial charge < -0.3 is 4.90 Å². The third kappa shape index (κ3) is 2.51. The fourth-order valence-corrected chi connectivity index (χ4v) is 1.61. The average Bonchev–Trinajstić information content (AvgIpc) is 2.42. The first-order chi connectivity index (χ1) is 8.72. The Morgan fingerprint density at radius 2 is 2.00 bits per heavy atom. The molecule has 0 unspecified atom stereocenters. The zero-order chi connectivity index (χ0) is 13.0. The molecule has 18 heavy (non-hydrogen) atoms. The molecule has 2 rings (SSSR count). The van der Waals surface area contributed by atoms with Gasteiger partial charge in [0, 0.05) is 24.6 Å². The smallest absolute Gasteiger partial charge is 0.278 e. The molecule has 92 valence electrons. The highest BCUT2D eigenvalue weighted by molar-refractivity contribution is 6.04. The van der Waals surface area contributed by atoms with Gasteiger partial charge in [0.05, 0.1) is 6.20 Å². The first kappa shape index (κ1) is 12.2. The van der Waals surface area contributed by atoms with E-state index in [2.05, 4.69) is 9.97 Å². The van der Waals surface area contributed by atoms with Crippen molar-refractivity contribution in [2.24, 2.45) is 0 Å². The number of nitrogens with zero attached hydrogens (tertiary/aromatic N) is 3. The lowest BCUT2D eigenvalue weighted by Crippen LogP contribution is -2.31. The number of halogens is 1. The molecule has 0 N–H and O–H groups in total. The molecule has 5 heteroatoms. The van der Waals surface area contributed by atoms with E-state index in [1.54, 1.807) is 12.1 Å². The predicted octanol–water partition coefficient (Wildman–Crippen LogP) is 2.28. The van der Waals surface area contributed by atoms with E-state index in [9.17, 15) is 9.18 Å². The monoisotopic (exact) mass is 245 g/mol. The average molecular weight is 245 g/mol. The maximum absolute atomic E-state index is 12.9. The second-order valence-corrected chi connectivity index (χ2v) is 3.62. The quantitative estimate of drug-likeness (QED) is 0.833. The van der Waals surface area contributed by atoms with Gasteiger partial charge in [-0.2, -0.15) is 0 Å². The van der Waals surface area contributed by atoms with Crippen LogP contribution in [0.4, 0.5) is 10.1 Å². The Morgan fingerprint density at radius 1 is 1.28 bits per heavy atom. The van der Waals surface area contributed by atoms with Crippen molar-refractivity contribution in [1.82, 2.24) is 9.97 Å². The molecular formula is C13H12FN3O. The lowest BCUT2D eigenvalue weighted by molar-refractivity contribution is 0.0983. The van der Waals surface area contributed by atoms with Crippen molar-refractivity contribution < 1.29 is 9.18 Å². The minimum absolute atomic E-state index is 0.253. The van der Waals surface area contributed by atoms with E-state index >= 15 is 0 Å². The van der Waals surface area contributed by atoms with Gasteiger partial charge in [-0.1, -0.05) is 0 Å². The van der Waals surface area contributed by atoms with Crippen LogP contribution in [0.2, 0.25) is 0 Å². The van der Waals surface area contributed by atoms with Crippen LogP contribution in [0.5, 0.6) is 0 Å². The minimum Gasteiger partial charge on any atom is -0.307 e. The van der Waals surface area contributed by atoms with Crippen LogP contribution >= 0.6 is 0 Å². The molecule has 0 spiro atoms. The Hall–Kier alpha value is -2.30. The molecule has 0 fully saturated rings. The van der Waals surface area contributed by atoms with Crippen LogP contribution in [0, 0.1) is 5.82 Å². The van der Waals surface area contributed by atoms with Crippen LogP contribution in [0.25, 0.3) is 0 Å². The SMILES string of the molecule is CCN(C(=O)c1cnccn1)c1ccc(F)cc1. The number of amides is 1. The van der Waals surface area contributed by atoms with Crippen molar-refractivity contribution in [2.75, 3.05) is 11.4 Å². The molecule has 0 aliphatic heterocycles. The predicted molar refractivity (Wildman–Crippen MR) is 65.8 cm³/mol. The maximum Gasteiger partial charge on any atom is 0.278 e. The Kier molecular flexibility index (Phi) is 3.62. The van der Waals surface area contributed by atoms with Gasteiger partial charge in [-0.05, 0) is 31.2 Å². The third-order valence-corrected chi connectivity index (χ3v) is 2.48. The number of rotatable bonds is 3. The highest BCUT2D eigenvalue weighted by Crippen LogP contribution is 2.16. The van der Waals surface area contributed by atoms with Gasteiger partial charge >= 0.3 is 0 Å². The largest absolute Gasteiger partial charge is 0.307 e. The highest BCUT2D eigenvalue weighted by Gasteiger charge is 2.17. The van der Waals surface area contributed by atoms with Crippen molar-refractivity contribution in [3.63, 3.8) is 0 Å². The van der Waals surface area contributed by atoms with Gasteiger partial charge in [-0.3, -0.25) is 9.78 Å². The molecule has 0 aliphatic rings. The van der Waals surface area contributed by atoms with Crippen LogP contribution in [0.15, 0.2) is 42.9 Å². The Labute approximate surface area is 104 Å².